The minimum Gasteiger partial charge on any atom is -0.348 e. The predicted molar refractivity (Wildman–Crippen MR) is 109 cm³/mol. The maximum absolute atomic E-state index is 12.6. The van der Waals surface area contributed by atoms with Crippen molar-refractivity contribution in [3.63, 3.8) is 0 Å². The Kier molecular flexibility index (Phi) is 7.16. The van der Waals surface area contributed by atoms with E-state index in [1.807, 2.05) is 0 Å². The molecule has 0 heterocycles. The summed E-state index contributed by atoms with van der Waals surface area (Å²) in [5.41, 5.74) is 0.744. The van der Waals surface area contributed by atoms with Gasteiger partial charge in [-0.25, -0.2) is 8.42 Å². The zero-order valence-corrected chi connectivity index (χ0v) is 18.0. The van der Waals surface area contributed by atoms with E-state index in [4.69, 9.17) is 34.8 Å². The van der Waals surface area contributed by atoms with Gasteiger partial charge in [-0.1, -0.05) is 40.9 Å². The van der Waals surface area contributed by atoms with Crippen LogP contribution in [-0.2, 0) is 16.6 Å². The number of rotatable bonds is 6. The maximum Gasteiger partial charge on any atom is 0.253 e. The molecule has 0 fully saturated rings. The first kappa shape index (κ1) is 22.0. The Hall–Kier alpha value is -1.31. The first-order valence-electron chi connectivity index (χ1n) is 8.03. The third-order valence-electron chi connectivity index (χ3n) is 4.04. The van der Waals surface area contributed by atoms with E-state index in [9.17, 15) is 13.2 Å². The van der Waals surface area contributed by atoms with Crippen LogP contribution in [0.15, 0.2) is 41.3 Å². The number of carbonyl (C=O) groups excluding carboxylic acids is 1. The molecule has 5 nitrogen and oxygen atoms in total. The van der Waals surface area contributed by atoms with Gasteiger partial charge >= 0.3 is 0 Å². The summed E-state index contributed by atoms with van der Waals surface area (Å²) in [6, 6.07) is 8.76. The maximum atomic E-state index is 12.6. The number of benzene rings is 2. The molecule has 0 aliphatic carbocycles. The number of nitrogens with zero attached hydrogens (tertiary/aromatic N) is 1. The van der Waals surface area contributed by atoms with Crippen LogP contribution in [0, 0.1) is 0 Å². The molecular formula is C18H19Cl3N2O3S. The smallest absolute Gasteiger partial charge is 0.253 e. The van der Waals surface area contributed by atoms with Crippen LogP contribution >= 0.6 is 34.8 Å². The number of hydrogen-bond donors (Lipinski definition) is 1. The molecule has 0 bridgehead atoms. The van der Waals surface area contributed by atoms with Gasteiger partial charge in [0, 0.05) is 29.7 Å². The van der Waals surface area contributed by atoms with Gasteiger partial charge in [0.25, 0.3) is 5.91 Å². The van der Waals surface area contributed by atoms with Gasteiger partial charge in [-0.05, 0) is 49.7 Å². The van der Waals surface area contributed by atoms with Gasteiger partial charge in [-0.3, -0.25) is 4.79 Å². The molecule has 146 valence electrons. The normalized spacial score (nSPS) is 11.9. The number of hydrogen-bond acceptors (Lipinski definition) is 3. The van der Waals surface area contributed by atoms with Crippen LogP contribution in [0.25, 0.3) is 0 Å². The standard InChI is InChI=1S/C18H19Cl3N2O3S/c1-11(2)23(3)27(25,26)14-6-7-16(20)15(9-14)18(24)22-10-12-4-5-13(19)8-17(12)21/h4-9,11H,10H2,1-3H3,(H,22,24). The molecule has 0 aliphatic heterocycles. The second kappa shape index (κ2) is 8.80. The van der Waals surface area contributed by atoms with E-state index < -0.39 is 15.9 Å². The summed E-state index contributed by atoms with van der Waals surface area (Å²) in [5.74, 6) is -0.504. The molecule has 0 aliphatic rings. The molecule has 0 unspecified atom stereocenters. The van der Waals surface area contributed by atoms with Gasteiger partial charge in [0.05, 0.1) is 15.5 Å². The molecule has 0 spiro atoms. The van der Waals surface area contributed by atoms with Crippen molar-refractivity contribution in [3.8, 4) is 0 Å². The number of halogens is 3. The summed E-state index contributed by atoms with van der Waals surface area (Å²) < 4.78 is 26.5. The lowest BCUT2D eigenvalue weighted by atomic mass is 10.2. The zero-order valence-electron chi connectivity index (χ0n) is 15.0. The SMILES string of the molecule is CC(C)N(C)S(=O)(=O)c1ccc(Cl)c(C(=O)NCc2ccc(Cl)cc2Cl)c1. The van der Waals surface area contributed by atoms with E-state index in [0.29, 0.717) is 15.6 Å². The summed E-state index contributed by atoms with van der Waals surface area (Å²) in [5, 5.41) is 3.75. The van der Waals surface area contributed by atoms with E-state index in [1.54, 1.807) is 32.0 Å². The average molecular weight is 450 g/mol. The highest BCUT2D eigenvalue weighted by molar-refractivity contribution is 7.89. The molecule has 0 aromatic heterocycles. The minimum absolute atomic E-state index is 0.00206. The molecule has 27 heavy (non-hydrogen) atoms. The van der Waals surface area contributed by atoms with Crippen LogP contribution in [0.1, 0.15) is 29.8 Å². The summed E-state index contributed by atoms with van der Waals surface area (Å²) in [6.07, 6.45) is 0. The zero-order chi connectivity index (χ0) is 20.4. The molecule has 2 aromatic carbocycles. The predicted octanol–water partition coefficient (Wildman–Crippen LogP) is 4.61. The van der Waals surface area contributed by atoms with Crippen molar-refractivity contribution in [3.05, 3.63) is 62.6 Å². The van der Waals surface area contributed by atoms with Crippen molar-refractivity contribution in [2.45, 2.75) is 31.3 Å². The molecule has 0 saturated carbocycles. The van der Waals surface area contributed by atoms with Crippen LogP contribution < -0.4 is 5.32 Å². The third kappa shape index (κ3) is 5.15. The topological polar surface area (TPSA) is 66.5 Å². The highest BCUT2D eigenvalue weighted by Gasteiger charge is 2.25. The van der Waals surface area contributed by atoms with Crippen LogP contribution in [0.4, 0.5) is 0 Å². The van der Waals surface area contributed by atoms with Crippen molar-refractivity contribution < 1.29 is 13.2 Å². The molecule has 2 rings (SSSR count). The Balaban J connectivity index is 2.26. The molecule has 0 radical (unpaired) electrons. The molecule has 2 aromatic rings. The minimum atomic E-state index is -3.73. The Morgan fingerprint density at radius 3 is 2.33 bits per heavy atom. The van der Waals surface area contributed by atoms with Gasteiger partial charge in [0.2, 0.25) is 10.0 Å². The van der Waals surface area contributed by atoms with E-state index in [1.165, 1.54) is 29.6 Å². The van der Waals surface area contributed by atoms with Gasteiger partial charge in [-0.15, -0.1) is 0 Å². The Labute approximate surface area is 174 Å². The van der Waals surface area contributed by atoms with E-state index in [0.717, 1.165) is 0 Å². The average Bonchev–Trinajstić information content (AvgIpc) is 2.60. The van der Waals surface area contributed by atoms with E-state index >= 15 is 0 Å². The van der Waals surface area contributed by atoms with Crippen molar-refractivity contribution in [2.24, 2.45) is 0 Å². The summed E-state index contributed by atoms with van der Waals surface area (Å²) in [6.45, 7) is 3.67. The molecule has 0 saturated heterocycles. The van der Waals surface area contributed by atoms with E-state index in [2.05, 4.69) is 5.32 Å². The molecule has 1 amide bonds. The fourth-order valence-corrected chi connectivity index (χ4v) is 4.29. The third-order valence-corrected chi connectivity index (χ3v) is 6.99. The largest absolute Gasteiger partial charge is 0.348 e. The first-order valence-corrected chi connectivity index (χ1v) is 10.6. The fourth-order valence-electron chi connectivity index (χ4n) is 2.22. The second-order valence-corrected chi connectivity index (χ2v) is 9.42. The lowest BCUT2D eigenvalue weighted by Gasteiger charge is -2.21. The van der Waals surface area contributed by atoms with Crippen molar-refractivity contribution in [1.29, 1.82) is 0 Å². The van der Waals surface area contributed by atoms with Gasteiger partial charge in [0.1, 0.15) is 0 Å². The summed E-state index contributed by atoms with van der Waals surface area (Å²) in [7, 11) is -2.25. The Bertz CT molecular complexity index is 962. The summed E-state index contributed by atoms with van der Waals surface area (Å²) in [4.78, 5) is 12.5. The second-order valence-electron chi connectivity index (χ2n) is 6.18. The molecule has 0 atom stereocenters. The Morgan fingerprint density at radius 2 is 1.74 bits per heavy atom. The van der Waals surface area contributed by atoms with Gasteiger partial charge in [0.15, 0.2) is 0 Å². The number of sulfonamides is 1. The molecule has 9 heteroatoms. The lowest BCUT2D eigenvalue weighted by molar-refractivity contribution is 0.0951. The van der Waals surface area contributed by atoms with Gasteiger partial charge in [-0.2, -0.15) is 4.31 Å². The van der Waals surface area contributed by atoms with E-state index in [-0.39, 0.29) is 28.1 Å². The van der Waals surface area contributed by atoms with Crippen LogP contribution in [-0.4, -0.2) is 31.7 Å². The first-order chi connectivity index (χ1) is 12.5. The summed E-state index contributed by atoms with van der Waals surface area (Å²) >= 11 is 18.1. The number of nitrogens with one attached hydrogen (secondary N) is 1. The van der Waals surface area contributed by atoms with Crippen molar-refractivity contribution >= 4 is 50.7 Å². The molecule has 1 N–H and O–H groups in total. The van der Waals surface area contributed by atoms with Crippen molar-refractivity contribution in [1.82, 2.24) is 9.62 Å². The number of amides is 1. The Morgan fingerprint density at radius 1 is 1.07 bits per heavy atom. The van der Waals surface area contributed by atoms with Gasteiger partial charge < -0.3 is 5.32 Å². The monoisotopic (exact) mass is 448 g/mol. The number of carbonyl (C=O) groups is 1. The quantitative estimate of drug-likeness (QED) is 0.700. The van der Waals surface area contributed by atoms with Crippen molar-refractivity contribution in [2.75, 3.05) is 7.05 Å². The molecular weight excluding hydrogens is 431 g/mol. The van der Waals surface area contributed by atoms with Crippen LogP contribution in [0.3, 0.4) is 0 Å². The van der Waals surface area contributed by atoms with Crippen LogP contribution in [0.2, 0.25) is 15.1 Å². The fraction of sp³-hybridized carbons (Fsp3) is 0.278. The lowest BCUT2D eigenvalue weighted by Crippen LogP contribution is -2.33. The highest BCUT2D eigenvalue weighted by Crippen LogP contribution is 2.24. The highest BCUT2D eigenvalue weighted by atomic mass is 35.5. The van der Waals surface area contributed by atoms with Crippen LogP contribution in [0.5, 0.6) is 0 Å².